The van der Waals surface area contributed by atoms with E-state index in [2.05, 4.69) is 0 Å². The summed E-state index contributed by atoms with van der Waals surface area (Å²) in [6.45, 7) is 1.47. The van der Waals surface area contributed by atoms with E-state index >= 15 is 0 Å². The van der Waals surface area contributed by atoms with Gasteiger partial charge in [0.05, 0.1) is 5.92 Å². The Bertz CT molecular complexity index is 681. The van der Waals surface area contributed by atoms with Gasteiger partial charge in [-0.1, -0.05) is 24.3 Å². The third-order valence-electron chi connectivity index (χ3n) is 3.71. The normalized spacial score (nSPS) is 25.8. The Balaban J connectivity index is 2.27. The van der Waals surface area contributed by atoms with Crippen molar-refractivity contribution in [3.05, 3.63) is 47.0 Å². The van der Waals surface area contributed by atoms with E-state index in [4.69, 9.17) is 0 Å². The highest BCUT2D eigenvalue weighted by molar-refractivity contribution is 6.34. The molecular formula is C15H10O4. The molecule has 0 fully saturated rings. The van der Waals surface area contributed by atoms with E-state index in [1.807, 2.05) is 0 Å². The Kier molecular flexibility index (Phi) is 2.35. The Morgan fingerprint density at radius 3 is 2.26 bits per heavy atom. The van der Waals surface area contributed by atoms with Crippen molar-refractivity contribution < 1.29 is 19.2 Å². The van der Waals surface area contributed by atoms with E-state index in [1.54, 1.807) is 24.3 Å². The summed E-state index contributed by atoms with van der Waals surface area (Å²) >= 11 is 0. The number of hydrogen-bond acceptors (Lipinski definition) is 4. The predicted molar refractivity (Wildman–Crippen MR) is 65.9 cm³/mol. The van der Waals surface area contributed by atoms with Crippen LogP contribution in [0.1, 0.15) is 27.6 Å². The molecule has 2 atom stereocenters. The summed E-state index contributed by atoms with van der Waals surface area (Å²) in [5.74, 6) is -3.61. The van der Waals surface area contributed by atoms with Crippen LogP contribution < -0.4 is 0 Å². The van der Waals surface area contributed by atoms with E-state index in [9.17, 15) is 19.2 Å². The van der Waals surface area contributed by atoms with Gasteiger partial charge in [0.25, 0.3) is 0 Å². The molecule has 0 aromatic heterocycles. The SMILES string of the molecule is CC1C(=O)C=C2C(=O)c3ccccc3C(=O)C2C1=O. The first kappa shape index (κ1) is 11.7. The molecular weight excluding hydrogens is 244 g/mol. The van der Waals surface area contributed by atoms with E-state index in [0.717, 1.165) is 6.08 Å². The highest BCUT2D eigenvalue weighted by atomic mass is 16.2. The van der Waals surface area contributed by atoms with Gasteiger partial charge in [-0.05, 0) is 13.0 Å². The third kappa shape index (κ3) is 1.46. The Labute approximate surface area is 109 Å². The van der Waals surface area contributed by atoms with Crippen LogP contribution in [0.5, 0.6) is 0 Å². The number of benzene rings is 1. The van der Waals surface area contributed by atoms with Crippen LogP contribution in [-0.4, -0.2) is 23.1 Å². The Hall–Kier alpha value is -2.36. The number of allylic oxidation sites excluding steroid dienone is 2. The van der Waals surface area contributed by atoms with Gasteiger partial charge >= 0.3 is 0 Å². The monoisotopic (exact) mass is 254 g/mol. The maximum absolute atomic E-state index is 12.3. The van der Waals surface area contributed by atoms with Crippen molar-refractivity contribution in [2.24, 2.45) is 11.8 Å². The molecule has 0 N–H and O–H groups in total. The molecule has 2 unspecified atom stereocenters. The van der Waals surface area contributed by atoms with Crippen molar-refractivity contribution in [2.75, 3.05) is 0 Å². The molecule has 0 radical (unpaired) electrons. The first-order valence-corrected chi connectivity index (χ1v) is 5.99. The minimum Gasteiger partial charge on any atom is -0.298 e. The van der Waals surface area contributed by atoms with Gasteiger partial charge in [-0.2, -0.15) is 0 Å². The molecule has 1 aromatic rings. The molecule has 94 valence electrons. The average molecular weight is 254 g/mol. The molecule has 0 spiro atoms. The highest BCUT2D eigenvalue weighted by Crippen LogP contribution is 2.35. The molecule has 0 aliphatic heterocycles. The summed E-state index contributed by atoms with van der Waals surface area (Å²) in [7, 11) is 0. The molecule has 0 heterocycles. The molecule has 2 aliphatic carbocycles. The van der Waals surface area contributed by atoms with Gasteiger partial charge in [-0.15, -0.1) is 0 Å². The number of hydrogen-bond donors (Lipinski definition) is 0. The van der Waals surface area contributed by atoms with Crippen LogP contribution in [0.3, 0.4) is 0 Å². The molecule has 19 heavy (non-hydrogen) atoms. The van der Waals surface area contributed by atoms with Gasteiger partial charge in [0.15, 0.2) is 23.1 Å². The van der Waals surface area contributed by atoms with E-state index < -0.39 is 29.2 Å². The van der Waals surface area contributed by atoms with E-state index in [1.165, 1.54) is 6.92 Å². The molecule has 0 saturated heterocycles. The zero-order chi connectivity index (χ0) is 13.7. The number of Topliss-reactive ketones (excluding diaryl/α,β-unsaturated/α-hetero) is 3. The zero-order valence-electron chi connectivity index (χ0n) is 10.2. The minimum atomic E-state index is -1.10. The van der Waals surface area contributed by atoms with Gasteiger partial charge in [-0.3, -0.25) is 19.2 Å². The predicted octanol–water partition coefficient (Wildman–Crippen LogP) is 1.40. The second kappa shape index (κ2) is 3.82. The minimum absolute atomic E-state index is 0.0248. The topological polar surface area (TPSA) is 68.3 Å². The Morgan fingerprint density at radius 2 is 1.58 bits per heavy atom. The van der Waals surface area contributed by atoms with Gasteiger partial charge in [-0.25, -0.2) is 0 Å². The summed E-state index contributed by atoms with van der Waals surface area (Å²) in [4.78, 5) is 48.4. The van der Waals surface area contributed by atoms with Crippen molar-refractivity contribution in [1.82, 2.24) is 0 Å². The van der Waals surface area contributed by atoms with Crippen molar-refractivity contribution in [1.29, 1.82) is 0 Å². The van der Waals surface area contributed by atoms with Crippen molar-refractivity contribution in [3.63, 3.8) is 0 Å². The molecule has 0 saturated carbocycles. The van der Waals surface area contributed by atoms with Crippen LogP contribution in [0.2, 0.25) is 0 Å². The maximum Gasteiger partial charge on any atom is 0.191 e. The largest absolute Gasteiger partial charge is 0.298 e. The quantitative estimate of drug-likeness (QED) is 0.656. The smallest absolute Gasteiger partial charge is 0.191 e. The standard InChI is InChI=1S/C15H10O4/c1-7-11(16)6-10-12(13(7)17)15(19)9-5-3-2-4-8(9)14(10)18/h2-7,12H,1H3. The molecule has 0 amide bonds. The fourth-order valence-electron chi connectivity index (χ4n) is 2.58. The number of carbonyl (C=O) groups is 4. The molecule has 0 bridgehead atoms. The number of carbonyl (C=O) groups excluding carboxylic acids is 4. The van der Waals surface area contributed by atoms with Gasteiger partial charge in [0, 0.05) is 16.7 Å². The van der Waals surface area contributed by atoms with Gasteiger partial charge < -0.3 is 0 Å². The highest BCUT2D eigenvalue weighted by Gasteiger charge is 2.46. The van der Waals surface area contributed by atoms with Crippen LogP contribution in [0, 0.1) is 11.8 Å². The summed E-state index contributed by atoms with van der Waals surface area (Å²) in [6.07, 6.45) is 1.16. The number of rotatable bonds is 0. The van der Waals surface area contributed by atoms with E-state index in [0.29, 0.717) is 0 Å². The van der Waals surface area contributed by atoms with Crippen LogP contribution in [-0.2, 0) is 9.59 Å². The second-order valence-corrected chi connectivity index (χ2v) is 4.80. The number of fused-ring (bicyclic) bond motifs is 2. The zero-order valence-corrected chi connectivity index (χ0v) is 10.2. The van der Waals surface area contributed by atoms with Crippen molar-refractivity contribution in [3.8, 4) is 0 Å². The fourth-order valence-corrected chi connectivity index (χ4v) is 2.58. The summed E-state index contributed by atoms with van der Waals surface area (Å²) in [5, 5.41) is 0. The third-order valence-corrected chi connectivity index (χ3v) is 3.71. The number of ketones is 4. The molecule has 3 rings (SSSR count). The molecule has 4 nitrogen and oxygen atoms in total. The van der Waals surface area contributed by atoms with Crippen LogP contribution in [0.15, 0.2) is 35.9 Å². The first-order valence-electron chi connectivity index (χ1n) is 5.99. The second-order valence-electron chi connectivity index (χ2n) is 4.80. The average Bonchev–Trinajstić information content (AvgIpc) is 2.42. The van der Waals surface area contributed by atoms with Crippen molar-refractivity contribution in [2.45, 2.75) is 6.92 Å². The van der Waals surface area contributed by atoms with Gasteiger partial charge in [0.2, 0.25) is 0 Å². The lowest BCUT2D eigenvalue weighted by Gasteiger charge is -2.28. The summed E-state index contributed by atoms with van der Waals surface area (Å²) in [6, 6.07) is 6.39. The molecule has 4 heteroatoms. The molecule has 2 aliphatic rings. The van der Waals surface area contributed by atoms with Crippen molar-refractivity contribution >= 4 is 23.1 Å². The van der Waals surface area contributed by atoms with Crippen LogP contribution in [0.4, 0.5) is 0 Å². The maximum atomic E-state index is 12.3. The lowest BCUT2D eigenvalue weighted by Crippen LogP contribution is -2.43. The van der Waals surface area contributed by atoms with Crippen LogP contribution >= 0.6 is 0 Å². The van der Waals surface area contributed by atoms with Crippen LogP contribution in [0.25, 0.3) is 0 Å². The van der Waals surface area contributed by atoms with E-state index in [-0.39, 0.29) is 22.5 Å². The molecule has 1 aromatic carbocycles. The summed E-state index contributed by atoms with van der Waals surface area (Å²) in [5.41, 5.74) is 0.562. The Morgan fingerprint density at radius 1 is 0.947 bits per heavy atom. The van der Waals surface area contributed by atoms with Gasteiger partial charge in [0.1, 0.15) is 5.92 Å². The fraction of sp³-hybridized carbons (Fsp3) is 0.200. The lowest BCUT2D eigenvalue weighted by molar-refractivity contribution is -0.131. The summed E-state index contributed by atoms with van der Waals surface area (Å²) < 4.78 is 0. The first-order chi connectivity index (χ1) is 9.02. The lowest BCUT2D eigenvalue weighted by atomic mass is 9.69.